The Bertz CT molecular complexity index is 957. The molecule has 0 radical (unpaired) electrons. The maximum Gasteiger partial charge on any atom is 0.322 e. The van der Waals surface area contributed by atoms with Crippen LogP contribution in [0.3, 0.4) is 0 Å². The summed E-state index contributed by atoms with van der Waals surface area (Å²) >= 11 is 0. The molecule has 4 rings (SSSR count). The van der Waals surface area contributed by atoms with Crippen molar-refractivity contribution in [3.05, 3.63) is 60.0 Å². The summed E-state index contributed by atoms with van der Waals surface area (Å²) in [5, 5.41) is 12.2. The van der Waals surface area contributed by atoms with Crippen molar-refractivity contribution < 1.29 is 9.53 Å². The highest BCUT2D eigenvalue weighted by Gasteiger charge is 2.23. The molecular formula is C21H23N5O2. The molecule has 1 N–H and O–H groups in total. The Labute approximate surface area is 163 Å². The predicted octanol–water partition coefficient (Wildman–Crippen LogP) is 3.55. The molecule has 1 atom stereocenters. The fourth-order valence-corrected chi connectivity index (χ4v) is 3.41. The normalized spacial score (nSPS) is 16.2. The van der Waals surface area contributed by atoms with Crippen LogP contribution in [0.15, 0.2) is 48.7 Å². The number of nitrogens with zero attached hydrogens (tertiary/aromatic N) is 4. The zero-order valence-corrected chi connectivity index (χ0v) is 15.8. The fourth-order valence-electron chi connectivity index (χ4n) is 3.41. The summed E-state index contributed by atoms with van der Waals surface area (Å²) in [6.07, 6.45) is 3.80. The largest absolute Gasteiger partial charge is 0.376 e. The van der Waals surface area contributed by atoms with E-state index in [1.165, 1.54) is 0 Å². The minimum atomic E-state index is -0.178. The smallest absolute Gasteiger partial charge is 0.322 e. The number of aromatic nitrogens is 3. The molecule has 0 aliphatic carbocycles. The SMILES string of the molecule is Cc1cc2c(NC(=O)N(Cc3ccccn3)CC3CCCO3)cccc2nn1. The molecule has 1 unspecified atom stereocenters. The van der Waals surface area contributed by atoms with E-state index < -0.39 is 0 Å². The van der Waals surface area contributed by atoms with Gasteiger partial charge in [-0.15, -0.1) is 0 Å². The van der Waals surface area contributed by atoms with Crippen LogP contribution in [-0.2, 0) is 11.3 Å². The van der Waals surface area contributed by atoms with Gasteiger partial charge in [-0.2, -0.15) is 10.2 Å². The lowest BCUT2D eigenvalue weighted by atomic mass is 10.2. The molecule has 3 heterocycles. The summed E-state index contributed by atoms with van der Waals surface area (Å²) in [5.41, 5.74) is 3.12. The molecular weight excluding hydrogens is 354 g/mol. The second-order valence-corrected chi connectivity index (χ2v) is 6.99. The van der Waals surface area contributed by atoms with Crippen molar-refractivity contribution in [3.8, 4) is 0 Å². The van der Waals surface area contributed by atoms with Gasteiger partial charge in [0.2, 0.25) is 0 Å². The van der Waals surface area contributed by atoms with Gasteiger partial charge in [-0.3, -0.25) is 4.98 Å². The van der Waals surface area contributed by atoms with Crippen LogP contribution in [0.25, 0.3) is 10.9 Å². The van der Waals surface area contributed by atoms with Crippen molar-refractivity contribution in [3.63, 3.8) is 0 Å². The van der Waals surface area contributed by atoms with Gasteiger partial charge in [0.05, 0.1) is 35.2 Å². The van der Waals surface area contributed by atoms with Gasteiger partial charge < -0.3 is 15.0 Å². The van der Waals surface area contributed by atoms with Crippen molar-refractivity contribution in [2.45, 2.75) is 32.4 Å². The van der Waals surface area contributed by atoms with Gasteiger partial charge in [0, 0.05) is 24.7 Å². The molecule has 0 bridgehead atoms. The first-order valence-electron chi connectivity index (χ1n) is 9.49. The number of urea groups is 1. The van der Waals surface area contributed by atoms with E-state index in [9.17, 15) is 4.79 Å². The maximum atomic E-state index is 13.1. The summed E-state index contributed by atoms with van der Waals surface area (Å²) < 4.78 is 5.75. The molecule has 1 saturated heterocycles. The third kappa shape index (κ3) is 4.26. The number of ether oxygens (including phenoxy) is 1. The number of hydrogen-bond donors (Lipinski definition) is 1. The van der Waals surface area contributed by atoms with Gasteiger partial charge in [-0.25, -0.2) is 4.79 Å². The zero-order chi connectivity index (χ0) is 19.3. The molecule has 0 spiro atoms. The van der Waals surface area contributed by atoms with Crippen molar-refractivity contribution in [2.75, 3.05) is 18.5 Å². The standard InChI is InChI=1S/C21H23N5O2/c1-15-12-18-19(8-4-9-20(18)25-24-15)23-21(27)26(14-17-7-5-11-28-17)13-16-6-2-3-10-22-16/h2-4,6,8-10,12,17H,5,7,11,13-14H2,1H3,(H,23,27). The van der Waals surface area contributed by atoms with Crippen LogP contribution in [0.4, 0.5) is 10.5 Å². The third-order valence-corrected chi connectivity index (χ3v) is 4.81. The molecule has 2 amide bonds. The Morgan fingerprint density at radius 3 is 2.96 bits per heavy atom. The summed E-state index contributed by atoms with van der Waals surface area (Å²) in [6, 6.07) is 13.1. The van der Waals surface area contributed by atoms with E-state index in [-0.39, 0.29) is 12.1 Å². The van der Waals surface area contributed by atoms with E-state index >= 15 is 0 Å². The Morgan fingerprint density at radius 2 is 2.18 bits per heavy atom. The minimum Gasteiger partial charge on any atom is -0.376 e. The van der Waals surface area contributed by atoms with Crippen molar-refractivity contribution >= 4 is 22.6 Å². The van der Waals surface area contributed by atoms with E-state index in [0.717, 1.165) is 47.4 Å². The van der Waals surface area contributed by atoms with Crippen LogP contribution < -0.4 is 5.32 Å². The van der Waals surface area contributed by atoms with Gasteiger partial charge in [-0.05, 0) is 50.1 Å². The number of hydrogen-bond acceptors (Lipinski definition) is 5. The van der Waals surface area contributed by atoms with Gasteiger partial charge in [-0.1, -0.05) is 12.1 Å². The highest BCUT2D eigenvalue weighted by Crippen LogP contribution is 2.23. The van der Waals surface area contributed by atoms with Crippen LogP contribution in [0.2, 0.25) is 0 Å². The van der Waals surface area contributed by atoms with E-state index in [4.69, 9.17) is 4.74 Å². The molecule has 1 aromatic carbocycles. The van der Waals surface area contributed by atoms with Crippen molar-refractivity contribution in [2.24, 2.45) is 0 Å². The first kappa shape index (κ1) is 18.3. The molecule has 1 aliphatic heterocycles. The summed E-state index contributed by atoms with van der Waals surface area (Å²) in [7, 11) is 0. The molecule has 28 heavy (non-hydrogen) atoms. The van der Waals surface area contributed by atoms with Crippen LogP contribution >= 0.6 is 0 Å². The zero-order valence-electron chi connectivity index (χ0n) is 15.8. The van der Waals surface area contributed by atoms with Crippen molar-refractivity contribution in [1.29, 1.82) is 0 Å². The molecule has 2 aromatic heterocycles. The van der Waals surface area contributed by atoms with E-state index in [0.29, 0.717) is 13.1 Å². The van der Waals surface area contributed by atoms with E-state index in [1.807, 2.05) is 49.4 Å². The number of carbonyl (C=O) groups excluding carboxylic acids is 1. The molecule has 0 saturated carbocycles. The first-order chi connectivity index (χ1) is 13.7. The lowest BCUT2D eigenvalue weighted by Crippen LogP contribution is -2.39. The lowest BCUT2D eigenvalue weighted by molar-refractivity contribution is 0.0816. The van der Waals surface area contributed by atoms with Crippen LogP contribution in [-0.4, -0.2) is 45.4 Å². The first-order valence-corrected chi connectivity index (χ1v) is 9.49. The number of carbonyl (C=O) groups is 1. The van der Waals surface area contributed by atoms with Crippen LogP contribution in [0.1, 0.15) is 24.2 Å². The maximum absolute atomic E-state index is 13.1. The fraction of sp³-hybridized carbons (Fsp3) is 0.333. The number of amides is 2. The number of rotatable bonds is 5. The number of pyridine rings is 1. The van der Waals surface area contributed by atoms with Crippen LogP contribution in [0.5, 0.6) is 0 Å². The monoisotopic (exact) mass is 377 g/mol. The Morgan fingerprint density at radius 1 is 1.25 bits per heavy atom. The molecule has 7 heteroatoms. The number of aryl methyl sites for hydroxylation is 1. The molecule has 3 aromatic rings. The number of benzene rings is 1. The minimum absolute atomic E-state index is 0.0649. The van der Waals surface area contributed by atoms with Crippen LogP contribution in [0, 0.1) is 6.92 Å². The second-order valence-electron chi connectivity index (χ2n) is 6.99. The summed E-state index contributed by atoms with van der Waals surface area (Å²) in [5.74, 6) is 0. The quantitative estimate of drug-likeness (QED) is 0.735. The van der Waals surface area contributed by atoms with Gasteiger partial charge in [0.15, 0.2) is 0 Å². The average Bonchev–Trinajstić information content (AvgIpc) is 3.22. The van der Waals surface area contributed by atoms with Gasteiger partial charge in [0.1, 0.15) is 0 Å². The molecule has 144 valence electrons. The summed E-state index contributed by atoms with van der Waals surface area (Å²) in [4.78, 5) is 19.3. The predicted molar refractivity (Wildman–Crippen MR) is 107 cm³/mol. The highest BCUT2D eigenvalue weighted by molar-refractivity contribution is 6.00. The van der Waals surface area contributed by atoms with E-state index in [1.54, 1.807) is 11.1 Å². The van der Waals surface area contributed by atoms with Gasteiger partial charge in [0.25, 0.3) is 0 Å². The average molecular weight is 377 g/mol. The Balaban J connectivity index is 1.57. The summed E-state index contributed by atoms with van der Waals surface area (Å²) in [6.45, 7) is 3.60. The number of anilines is 1. The molecule has 1 aliphatic rings. The molecule has 7 nitrogen and oxygen atoms in total. The molecule has 1 fully saturated rings. The number of nitrogens with one attached hydrogen (secondary N) is 1. The highest BCUT2D eigenvalue weighted by atomic mass is 16.5. The second kappa shape index (κ2) is 8.31. The van der Waals surface area contributed by atoms with Crippen molar-refractivity contribution in [1.82, 2.24) is 20.1 Å². The Kier molecular flexibility index (Phi) is 5.43. The third-order valence-electron chi connectivity index (χ3n) is 4.81. The lowest BCUT2D eigenvalue weighted by Gasteiger charge is -2.25. The van der Waals surface area contributed by atoms with Gasteiger partial charge >= 0.3 is 6.03 Å². The Hall–Kier alpha value is -3.06. The topological polar surface area (TPSA) is 80.2 Å². The number of fused-ring (bicyclic) bond motifs is 1. The van der Waals surface area contributed by atoms with E-state index in [2.05, 4.69) is 20.5 Å².